The van der Waals surface area contributed by atoms with Crippen molar-refractivity contribution >= 4 is 171 Å². The van der Waals surface area contributed by atoms with Crippen molar-refractivity contribution in [2.75, 3.05) is 50.6 Å². The molecule has 52 heteroatoms. The fraction of sp³-hybridized carbons (Fsp3) is 0.644. The highest BCUT2D eigenvalue weighted by Crippen LogP contribution is 2.23. The lowest BCUT2D eigenvalue weighted by molar-refractivity contribution is -0.143. The summed E-state index contributed by atoms with van der Waals surface area (Å²) >= 11 is 5.07. The quantitative estimate of drug-likeness (QED) is 0.0274. The van der Waals surface area contributed by atoms with Gasteiger partial charge in [0.1, 0.15) is 90.6 Å². The van der Waals surface area contributed by atoms with E-state index in [4.69, 9.17) is 22.9 Å². The first-order chi connectivity index (χ1) is 65.2. The van der Waals surface area contributed by atoms with E-state index in [1.54, 1.807) is 99.8 Å². The summed E-state index contributed by atoms with van der Waals surface area (Å²) in [6, 6.07) is -19.6. The zero-order valence-corrected chi connectivity index (χ0v) is 81.4. The standard InChI is InChI=1S/C87H138N22O28S2/c1-41(2)27-48(88)72(121)97-50(18-21-65(89)112)73(122)93-36-68(115)95-61(38-110)84(133)104-54(28-42(3)4)77(126)98-52(20-23-67(91)114)75(124)106-59(33-70(117)118)82(131)100-53(24-26-139-11)76(125)102-55(29-43(5)6)78(127)105-58(32-46-35-92-49-16-13-12-15-47(46)49)81(130)99-51(19-22-66(90)113)74(123)101-56(30-44(7)8)79(128)107-60(34-71(119)120)83(132)103-57(31-45(9)10)80(129)108-62(39-111)86(135)109-25-14-17-64(109)85(134)94-37-69(116)96-63(40-138)87(136)137/h12-13,15-16,35,41-45,48,50-64,92,110-111,138H,14,17-34,36-40,88H2,1-11H3,(H2,89,112)(H2,90,113)(H2,91,114)(H,93,122)(H,94,134)(H,95,115)(H,96,116)(H,97,121)(H,98,126)(H,99,130)(H,100,131)(H,101,123)(H,102,125)(H,103,132)(H,104,133)(H,105,127)(H,106,124)(H,107,128)(H,108,129)(H,117,118)(H,119,120)(H,136,137)/t48-,50-,51-,52-,53-,54-,55-,56-,57-,58-,59-,60-,61-,62-,63-,64-/m0/s1. The highest BCUT2D eigenvalue weighted by atomic mass is 32.2. The van der Waals surface area contributed by atoms with Crippen LogP contribution in [0.3, 0.4) is 0 Å². The molecule has 1 aromatic heterocycles. The van der Waals surface area contributed by atoms with Crippen LogP contribution in [0.25, 0.3) is 10.9 Å². The maximum absolute atomic E-state index is 15.2. The Morgan fingerprint density at radius 1 is 0.417 bits per heavy atom. The van der Waals surface area contributed by atoms with E-state index in [1.807, 2.05) is 0 Å². The van der Waals surface area contributed by atoms with Gasteiger partial charge in [0.05, 0.1) is 45.2 Å². The number of rotatable bonds is 65. The number of thiol groups is 1. The summed E-state index contributed by atoms with van der Waals surface area (Å²) in [4.78, 5) is 316. The van der Waals surface area contributed by atoms with Crippen molar-refractivity contribution in [2.45, 2.75) is 275 Å². The topological polar surface area (TPSA) is 809 Å². The molecule has 30 N–H and O–H groups in total. The van der Waals surface area contributed by atoms with Gasteiger partial charge in [-0.15, -0.1) is 0 Å². The Labute approximate surface area is 812 Å². The molecule has 3 rings (SSSR count). The number of thioether (sulfide) groups is 1. The third-order valence-corrected chi connectivity index (χ3v) is 22.5. The third kappa shape index (κ3) is 43.8. The number of carboxylic acid groups (broad SMARTS) is 3. The number of nitrogens with one attached hydrogen (secondary N) is 17. The van der Waals surface area contributed by atoms with Crippen LogP contribution in [-0.4, -0.2) is 319 Å². The molecule has 0 spiro atoms. The minimum Gasteiger partial charge on any atom is -0.481 e. The number of aromatic nitrogens is 1. The summed E-state index contributed by atoms with van der Waals surface area (Å²) < 4.78 is 0. The molecule has 1 aliphatic rings. The van der Waals surface area contributed by atoms with Gasteiger partial charge in [0.2, 0.25) is 118 Å². The molecule has 0 saturated carbocycles. The Morgan fingerprint density at radius 3 is 1.14 bits per heavy atom. The number of hydrogen-bond donors (Lipinski definition) is 27. The number of carboxylic acids is 3. The lowest BCUT2D eigenvalue weighted by Crippen LogP contribution is -2.61. The Kier molecular flexibility index (Phi) is 52.6. The van der Waals surface area contributed by atoms with E-state index in [0.717, 1.165) is 4.90 Å². The molecule has 0 radical (unpaired) electrons. The van der Waals surface area contributed by atoms with Gasteiger partial charge in [-0.2, -0.15) is 24.4 Å². The van der Waals surface area contributed by atoms with Crippen LogP contribution in [0.2, 0.25) is 0 Å². The van der Waals surface area contributed by atoms with E-state index in [-0.39, 0.29) is 94.6 Å². The monoisotopic (exact) mass is 2000 g/mol. The van der Waals surface area contributed by atoms with E-state index in [1.165, 1.54) is 18.0 Å². The molecule has 16 atom stereocenters. The predicted molar refractivity (Wildman–Crippen MR) is 503 cm³/mol. The number of primary amides is 3. The Hall–Kier alpha value is -12.8. The molecule has 0 aliphatic carbocycles. The number of para-hydroxylation sites is 1. The molecule has 50 nitrogen and oxygen atoms in total. The fourth-order valence-corrected chi connectivity index (χ4v) is 15.2. The second-order valence-electron chi connectivity index (χ2n) is 35.8. The van der Waals surface area contributed by atoms with Crippen LogP contribution in [0.15, 0.2) is 30.5 Å². The lowest BCUT2D eigenvalue weighted by Gasteiger charge is -2.30. The minimum atomic E-state index is -2.10. The molecule has 0 bridgehead atoms. The number of hydrogen-bond acceptors (Lipinski definition) is 28. The van der Waals surface area contributed by atoms with Crippen molar-refractivity contribution in [1.82, 2.24) is 95.0 Å². The van der Waals surface area contributed by atoms with Crippen LogP contribution in [-0.2, 0) is 117 Å². The smallest absolute Gasteiger partial charge is 0.327 e. The van der Waals surface area contributed by atoms with Gasteiger partial charge in [-0.25, -0.2) is 4.79 Å². The summed E-state index contributed by atoms with van der Waals surface area (Å²) in [5, 5.41) is 89.1. The number of aliphatic hydroxyl groups excluding tert-OH is 2. The number of carbonyl (C=O) groups excluding carboxylic acids is 20. The molecule has 0 unspecified atom stereocenters. The minimum absolute atomic E-state index is 0.0153. The maximum Gasteiger partial charge on any atom is 0.327 e. The van der Waals surface area contributed by atoms with Crippen LogP contribution >= 0.6 is 24.4 Å². The van der Waals surface area contributed by atoms with Crippen molar-refractivity contribution in [2.24, 2.45) is 52.5 Å². The van der Waals surface area contributed by atoms with E-state index in [2.05, 4.69) is 103 Å². The number of H-pyrrole nitrogens is 1. The van der Waals surface area contributed by atoms with E-state index < -0.39 is 321 Å². The van der Waals surface area contributed by atoms with Gasteiger partial charge in [0.25, 0.3) is 0 Å². The van der Waals surface area contributed by atoms with Gasteiger partial charge < -0.3 is 143 Å². The van der Waals surface area contributed by atoms with Gasteiger partial charge in [-0.3, -0.25) is 105 Å². The summed E-state index contributed by atoms with van der Waals surface area (Å²) in [5.41, 5.74) is 23.3. The van der Waals surface area contributed by atoms with Gasteiger partial charge in [0.15, 0.2) is 0 Å². The molecule has 20 amide bonds. The SMILES string of the molecule is CSCC[C@H](NC(=O)[C@H](CC(=O)O)NC(=O)[C@H](CCC(N)=O)NC(=O)[C@H](CC(C)C)NC(=O)[C@H](CO)NC(=O)CNC(=O)[C@H](CCC(N)=O)NC(=O)[C@@H](N)CC(C)C)C(=O)N[C@@H](CC(C)C)C(=O)N[C@@H](Cc1c[nH]c2ccccc12)C(=O)N[C@@H](CCC(N)=O)C(=O)N[C@@H](CC(C)C)C(=O)N[C@@H](CC(=O)O)C(=O)N[C@@H](CC(C)C)C(=O)N[C@@H](CO)C(=O)N1CCC[C@H]1C(=O)NCC(=O)N[C@@H](CS)C(=O)O. The highest BCUT2D eigenvalue weighted by molar-refractivity contribution is 7.98. The Morgan fingerprint density at radius 2 is 0.755 bits per heavy atom. The number of likely N-dealkylation sites (tertiary alicyclic amines) is 1. The third-order valence-electron chi connectivity index (χ3n) is 21.5. The zero-order valence-electron chi connectivity index (χ0n) is 79.7. The average molecular weight is 2000 g/mol. The Bertz CT molecular complexity index is 4630. The molecular weight excluding hydrogens is 1870 g/mol. The maximum atomic E-state index is 15.2. The molecule has 1 fully saturated rings. The number of benzene rings is 1. The molecule has 139 heavy (non-hydrogen) atoms. The fourth-order valence-electron chi connectivity index (χ4n) is 14.5. The molecule has 1 aliphatic heterocycles. The second kappa shape index (κ2) is 60.8. The van der Waals surface area contributed by atoms with Gasteiger partial charge in [-0.05, 0) is 124 Å². The Balaban J connectivity index is 1.98. The molecule has 1 saturated heterocycles. The van der Waals surface area contributed by atoms with Crippen molar-refractivity contribution < 1.29 is 136 Å². The number of carbonyl (C=O) groups is 23. The molecule has 776 valence electrons. The summed E-state index contributed by atoms with van der Waals surface area (Å²) in [7, 11) is 0. The van der Waals surface area contributed by atoms with Crippen molar-refractivity contribution in [1.29, 1.82) is 0 Å². The van der Waals surface area contributed by atoms with Crippen LogP contribution in [0.4, 0.5) is 0 Å². The number of aliphatic hydroxyl groups is 2. The normalized spacial score (nSPS) is 15.6. The molecule has 1 aromatic carbocycles. The van der Waals surface area contributed by atoms with Gasteiger partial charge in [0, 0.05) is 55.1 Å². The number of nitrogens with two attached hydrogens (primary N) is 4. The van der Waals surface area contributed by atoms with E-state index in [0.29, 0.717) is 16.5 Å². The van der Waals surface area contributed by atoms with Crippen LogP contribution in [0, 0.1) is 29.6 Å². The van der Waals surface area contributed by atoms with Crippen LogP contribution < -0.4 is 108 Å². The predicted octanol–water partition coefficient (Wildman–Crippen LogP) is -7.22. The largest absolute Gasteiger partial charge is 0.481 e. The second-order valence-corrected chi connectivity index (χ2v) is 37.1. The lowest BCUT2D eigenvalue weighted by atomic mass is 9.99. The number of aromatic amines is 1. The zero-order chi connectivity index (χ0) is 105. The summed E-state index contributed by atoms with van der Waals surface area (Å²) in [6.45, 7) is 12.9. The van der Waals surface area contributed by atoms with Gasteiger partial charge >= 0.3 is 17.9 Å². The first-order valence-corrected chi connectivity index (χ1v) is 47.5. The number of aliphatic carboxylic acids is 3. The van der Waals surface area contributed by atoms with Crippen LogP contribution in [0.1, 0.15) is 178 Å². The summed E-state index contributed by atoms with van der Waals surface area (Å²) in [5.74, 6) is -27.9. The molecular formula is C87H138N22O28S2. The summed E-state index contributed by atoms with van der Waals surface area (Å²) in [6.07, 6.45) is -3.21. The first kappa shape index (κ1) is 120. The van der Waals surface area contributed by atoms with Crippen molar-refractivity contribution in [3.63, 3.8) is 0 Å². The van der Waals surface area contributed by atoms with E-state index in [9.17, 15) is 126 Å². The highest BCUT2D eigenvalue weighted by Gasteiger charge is 2.43. The number of fused-ring (bicyclic) bond motifs is 1. The first-order valence-electron chi connectivity index (χ1n) is 45.5. The van der Waals surface area contributed by atoms with Crippen LogP contribution in [0.5, 0.6) is 0 Å². The molecule has 2 aromatic rings. The van der Waals surface area contributed by atoms with E-state index >= 15 is 9.59 Å². The van der Waals surface area contributed by atoms with Crippen molar-refractivity contribution in [3.05, 3.63) is 36.0 Å². The van der Waals surface area contributed by atoms with Gasteiger partial charge in [-0.1, -0.05) is 87.4 Å². The number of nitrogens with zero attached hydrogens (tertiary/aromatic N) is 1. The van der Waals surface area contributed by atoms with Crippen molar-refractivity contribution in [3.8, 4) is 0 Å². The molecule has 2 heterocycles. The average Bonchev–Trinajstić information content (AvgIpc) is 1.68. The number of amides is 20.